The number of aliphatic hydroxyl groups excluding tert-OH is 2. The largest absolute Gasteiger partial charge is 0.480 e. The Morgan fingerprint density at radius 3 is 2.71 bits per heavy atom. The first-order valence-corrected chi connectivity index (χ1v) is 8.37. The second-order valence-corrected chi connectivity index (χ2v) is 6.57. The maximum atomic E-state index is 11.1. The predicted molar refractivity (Wildman–Crippen MR) is 84.2 cm³/mol. The summed E-state index contributed by atoms with van der Waals surface area (Å²) in [5.74, 6) is -0.923. The zero-order valence-electron chi connectivity index (χ0n) is 12.7. The number of carboxylic acid groups (broad SMARTS) is 1. The molecule has 1 aromatic rings. The van der Waals surface area contributed by atoms with Crippen LogP contribution in [0.2, 0.25) is 0 Å². The van der Waals surface area contributed by atoms with Crippen LogP contribution >= 0.6 is 11.8 Å². The lowest BCUT2D eigenvalue weighted by atomic mass is 10.1. The standard InChI is InChI=1S/C13H20N4O6S/c14-6(13(21)22)1-2-24-4-8-9(18)10(19)12(23-8)17-3-7(11(15)20)16-5-17/h3,5-6,8-10,12,18-19H,1-2,4,14H2,(H2,15,20)(H,21,22)/t6-,8?,9?,10?,12?/m0/s1. The van der Waals surface area contributed by atoms with Gasteiger partial charge in [0.15, 0.2) is 6.23 Å². The molecule has 134 valence electrons. The molecule has 2 rings (SSSR count). The molecule has 1 aliphatic rings. The average Bonchev–Trinajstić information content (AvgIpc) is 3.11. The van der Waals surface area contributed by atoms with Gasteiger partial charge in [-0.05, 0) is 12.2 Å². The Morgan fingerprint density at radius 1 is 1.42 bits per heavy atom. The van der Waals surface area contributed by atoms with Crippen molar-refractivity contribution in [3.63, 3.8) is 0 Å². The molecule has 0 bridgehead atoms. The molecule has 24 heavy (non-hydrogen) atoms. The van der Waals surface area contributed by atoms with Crippen LogP contribution in [0.5, 0.6) is 0 Å². The third kappa shape index (κ3) is 4.24. The van der Waals surface area contributed by atoms with E-state index in [4.69, 9.17) is 21.3 Å². The minimum atomic E-state index is -1.19. The van der Waals surface area contributed by atoms with Crippen molar-refractivity contribution in [1.29, 1.82) is 0 Å². The second-order valence-electron chi connectivity index (χ2n) is 5.42. The molecule has 2 heterocycles. The Morgan fingerprint density at radius 2 is 2.12 bits per heavy atom. The van der Waals surface area contributed by atoms with Gasteiger partial charge in [0.1, 0.15) is 23.9 Å². The van der Waals surface area contributed by atoms with Crippen LogP contribution in [0, 0.1) is 0 Å². The maximum absolute atomic E-state index is 11.1. The van der Waals surface area contributed by atoms with Crippen molar-refractivity contribution in [3.05, 3.63) is 18.2 Å². The molecule has 11 heteroatoms. The normalized spacial score (nSPS) is 28.0. The molecule has 0 radical (unpaired) electrons. The molecule has 4 unspecified atom stereocenters. The van der Waals surface area contributed by atoms with Gasteiger partial charge < -0.3 is 36.1 Å². The number of hydrogen-bond donors (Lipinski definition) is 5. The first kappa shape index (κ1) is 18.7. The summed E-state index contributed by atoms with van der Waals surface area (Å²) in [6.45, 7) is 0. The monoisotopic (exact) mass is 360 g/mol. The zero-order valence-corrected chi connectivity index (χ0v) is 13.5. The van der Waals surface area contributed by atoms with Gasteiger partial charge >= 0.3 is 5.97 Å². The van der Waals surface area contributed by atoms with E-state index in [1.807, 2.05) is 0 Å². The van der Waals surface area contributed by atoms with Gasteiger partial charge in [-0.1, -0.05) is 0 Å². The molecule has 1 amide bonds. The van der Waals surface area contributed by atoms with E-state index in [-0.39, 0.29) is 12.1 Å². The molecule has 0 saturated carbocycles. The Labute approximate surface area is 141 Å². The minimum absolute atomic E-state index is 0.0285. The van der Waals surface area contributed by atoms with Crippen molar-refractivity contribution in [2.24, 2.45) is 11.5 Å². The number of rotatable bonds is 8. The Balaban J connectivity index is 1.87. The van der Waals surface area contributed by atoms with Gasteiger partial charge in [-0.15, -0.1) is 0 Å². The van der Waals surface area contributed by atoms with Gasteiger partial charge in [0.25, 0.3) is 5.91 Å². The van der Waals surface area contributed by atoms with E-state index in [1.165, 1.54) is 28.9 Å². The molecule has 1 aliphatic heterocycles. The third-order valence-corrected chi connectivity index (χ3v) is 4.75. The lowest BCUT2D eigenvalue weighted by molar-refractivity contribution is -0.138. The number of aromatic nitrogens is 2. The smallest absolute Gasteiger partial charge is 0.320 e. The van der Waals surface area contributed by atoms with Crippen LogP contribution in [0.1, 0.15) is 23.1 Å². The van der Waals surface area contributed by atoms with E-state index < -0.39 is 42.5 Å². The van der Waals surface area contributed by atoms with Gasteiger partial charge in [-0.3, -0.25) is 9.59 Å². The lowest BCUT2D eigenvalue weighted by Gasteiger charge is -2.15. The highest BCUT2D eigenvalue weighted by Crippen LogP contribution is 2.31. The van der Waals surface area contributed by atoms with Crippen molar-refractivity contribution in [1.82, 2.24) is 9.55 Å². The van der Waals surface area contributed by atoms with Crippen molar-refractivity contribution in [2.75, 3.05) is 11.5 Å². The summed E-state index contributed by atoms with van der Waals surface area (Å²) in [6, 6.07) is -0.927. The molecular formula is C13H20N4O6S. The molecule has 10 nitrogen and oxygen atoms in total. The number of thioether (sulfide) groups is 1. The number of nitrogens with two attached hydrogens (primary N) is 2. The van der Waals surface area contributed by atoms with Gasteiger partial charge in [-0.2, -0.15) is 11.8 Å². The van der Waals surface area contributed by atoms with Crippen molar-refractivity contribution in [2.45, 2.75) is 37.0 Å². The van der Waals surface area contributed by atoms with Crippen LogP contribution in [0.4, 0.5) is 0 Å². The quantitative estimate of drug-likeness (QED) is 0.333. The molecular weight excluding hydrogens is 340 g/mol. The number of hydrogen-bond acceptors (Lipinski definition) is 8. The van der Waals surface area contributed by atoms with E-state index in [2.05, 4.69) is 4.98 Å². The van der Waals surface area contributed by atoms with E-state index >= 15 is 0 Å². The number of imidazole rings is 1. The molecule has 0 aromatic carbocycles. The summed E-state index contributed by atoms with van der Waals surface area (Å²) in [5, 5.41) is 28.9. The van der Waals surface area contributed by atoms with Crippen molar-refractivity contribution < 1.29 is 29.6 Å². The predicted octanol–water partition coefficient (Wildman–Crippen LogP) is -1.86. The van der Waals surface area contributed by atoms with Crippen LogP contribution in [-0.2, 0) is 9.53 Å². The van der Waals surface area contributed by atoms with Gasteiger partial charge in [0, 0.05) is 11.9 Å². The number of aliphatic hydroxyl groups is 2. The first-order valence-electron chi connectivity index (χ1n) is 7.22. The van der Waals surface area contributed by atoms with Crippen LogP contribution in [0.25, 0.3) is 0 Å². The number of carboxylic acids is 1. The summed E-state index contributed by atoms with van der Waals surface area (Å²) in [4.78, 5) is 25.5. The first-order chi connectivity index (χ1) is 11.3. The summed E-state index contributed by atoms with van der Waals surface area (Å²) in [6.07, 6.45) is -0.907. The molecule has 1 fully saturated rings. The number of carbonyl (C=O) groups excluding carboxylic acids is 1. The number of primary amides is 1. The van der Waals surface area contributed by atoms with Crippen LogP contribution in [0.15, 0.2) is 12.5 Å². The van der Waals surface area contributed by atoms with E-state index in [1.54, 1.807) is 0 Å². The van der Waals surface area contributed by atoms with Crippen molar-refractivity contribution >= 4 is 23.6 Å². The topological polar surface area (TPSA) is 174 Å². The highest BCUT2D eigenvalue weighted by Gasteiger charge is 2.43. The van der Waals surface area contributed by atoms with Crippen molar-refractivity contribution in [3.8, 4) is 0 Å². The minimum Gasteiger partial charge on any atom is -0.480 e. The Bertz CT molecular complexity index is 597. The summed E-state index contributed by atoms with van der Waals surface area (Å²) in [5.41, 5.74) is 10.6. The summed E-state index contributed by atoms with van der Waals surface area (Å²) in [7, 11) is 0. The number of amides is 1. The fourth-order valence-electron chi connectivity index (χ4n) is 2.25. The van der Waals surface area contributed by atoms with Gasteiger partial charge in [0.2, 0.25) is 0 Å². The molecule has 1 aromatic heterocycles. The fourth-order valence-corrected chi connectivity index (χ4v) is 3.34. The molecule has 0 spiro atoms. The number of ether oxygens (including phenoxy) is 1. The molecule has 5 atom stereocenters. The van der Waals surface area contributed by atoms with Crippen LogP contribution in [0.3, 0.4) is 0 Å². The summed E-state index contributed by atoms with van der Waals surface area (Å²) >= 11 is 1.37. The Hall–Kier alpha value is -1.66. The lowest BCUT2D eigenvalue weighted by Crippen LogP contribution is -2.33. The maximum Gasteiger partial charge on any atom is 0.320 e. The second kappa shape index (κ2) is 7.94. The molecule has 0 aliphatic carbocycles. The Kier molecular flexibility index (Phi) is 6.18. The third-order valence-electron chi connectivity index (χ3n) is 3.66. The van der Waals surface area contributed by atoms with E-state index in [0.29, 0.717) is 11.5 Å². The van der Waals surface area contributed by atoms with Gasteiger partial charge in [0.05, 0.1) is 12.4 Å². The molecule has 7 N–H and O–H groups in total. The zero-order chi connectivity index (χ0) is 17.9. The fraction of sp³-hybridized carbons (Fsp3) is 0.615. The SMILES string of the molecule is NC(=O)c1cn(C2OC(CSCC[C@H](N)C(=O)O)C(O)C2O)cn1. The average molecular weight is 360 g/mol. The highest BCUT2D eigenvalue weighted by atomic mass is 32.2. The number of carbonyl (C=O) groups is 2. The highest BCUT2D eigenvalue weighted by molar-refractivity contribution is 7.99. The number of aliphatic carboxylic acids is 1. The van der Waals surface area contributed by atoms with Crippen LogP contribution in [-0.4, -0.2) is 72.6 Å². The van der Waals surface area contributed by atoms with Gasteiger partial charge in [-0.25, -0.2) is 4.98 Å². The van der Waals surface area contributed by atoms with E-state index in [0.717, 1.165) is 0 Å². The molecule has 1 saturated heterocycles. The summed E-state index contributed by atoms with van der Waals surface area (Å²) < 4.78 is 7.00. The van der Waals surface area contributed by atoms with Crippen LogP contribution < -0.4 is 11.5 Å². The number of nitrogens with zero attached hydrogens (tertiary/aromatic N) is 2. The van der Waals surface area contributed by atoms with E-state index in [9.17, 15) is 19.8 Å².